The van der Waals surface area contributed by atoms with E-state index in [2.05, 4.69) is 15.3 Å². The molecule has 0 saturated carbocycles. The molecule has 10 heteroatoms. The molecule has 0 aliphatic carbocycles. The van der Waals surface area contributed by atoms with Crippen molar-refractivity contribution < 1.29 is 4.79 Å². The standard InChI is InChI=1S/C24H22ClN7O2/c1-14(28-20-16(13-27-24(26)30-20)22(33)31-11-6-12-31)21-29-18-10-5-9-17(25)19(18)23(34)32(21)15-7-3-2-4-8-15/h2-5,7-10,13-14H,6,11-12H2,1H3,(H3,26,27,28,30). The molecule has 1 aliphatic rings. The van der Waals surface area contributed by atoms with Gasteiger partial charge in [-0.2, -0.15) is 4.98 Å². The van der Waals surface area contributed by atoms with E-state index in [1.165, 1.54) is 10.8 Å². The number of nitrogens with one attached hydrogen (secondary N) is 1. The first-order chi connectivity index (χ1) is 16.4. The molecule has 172 valence electrons. The van der Waals surface area contributed by atoms with Gasteiger partial charge >= 0.3 is 0 Å². The second kappa shape index (κ2) is 8.75. The topological polar surface area (TPSA) is 119 Å². The minimum Gasteiger partial charge on any atom is -0.368 e. The molecule has 1 unspecified atom stereocenters. The molecule has 1 saturated heterocycles. The van der Waals surface area contributed by atoms with E-state index in [1.807, 2.05) is 37.3 Å². The van der Waals surface area contributed by atoms with Gasteiger partial charge in [0.05, 0.1) is 27.7 Å². The van der Waals surface area contributed by atoms with Gasteiger partial charge in [-0.15, -0.1) is 0 Å². The zero-order chi connectivity index (χ0) is 23.8. The lowest BCUT2D eigenvalue weighted by atomic mass is 10.1. The number of hydrogen-bond donors (Lipinski definition) is 2. The highest BCUT2D eigenvalue weighted by Gasteiger charge is 2.27. The Morgan fingerprint density at radius 2 is 1.88 bits per heavy atom. The molecule has 2 aromatic heterocycles. The maximum Gasteiger partial charge on any atom is 0.267 e. The van der Waals surface area contributed by atoms with Crippen LogP contribution in [0.25, 0.3) is 16.6 Å². The second-order valence-corrected chi connectivity index (χ2v) is 8.49. The molecule has 1 atom stereocenters. The zero-order valence-corrected chi connectivity index (χ0v) is 19.2. The Bertz CT molecular complexity index is 1450. The van der Waals surface area contributed by atoms with Crippen molar-refractivity contribution in [2.45, 2.75) is 19.4 Å². The number of hydrogen-bond acceptors (Lipinski definition) is 7. The summed E-state index contributed by atoms with van der Waals surface area (Å²) in [5.74, 6) is 0.593. The number of nitrogens with two attached hydrogens (primary N) is 1. The van der Waals surface area contributed by atoms with Crippen LogP contribution in [0.3, 0.4) is 0 Å². The third-order valence-electron chi connectivity index (χ3n) is 5.81. The van der Waals surface area contributed by atoms with Crippen molar-refractivity contribution in [3.8, 4) is 5.69 Å². The Kier molecular flexibility index (Phi) is 5.62. The van der Waals surface area contributed by atoms with E-state index in [-0.39, 0.29) is 23.2 Å². The van der Waals surface area contributed by atoms with Crippen molar-refractivity contribution in [3.05, 3.63) is 81.5 Å². The number of fused-ring (bicyclic) bond motifs is 1. The van der Waals surface area contributed by atoms with Crippen LogP contribution in [0.2, 0.25) is 5.02 Å². The van der Waals surface area contributed by atoms with E-state index < -0.39 is 6.04 Å². The summed E-state index contributed by atoms with van der Waals surface area (Å²) in [6.07, 6.45) is 2.39. The number of aromatic nitrogens is 4. The van der Waals surface area contributed by atoms with Crippen molar-refractivity contribution in [3.63, 3.8) is 0 Å². The Morgan fingerprint density at radius 1 is 1.12 bits per heavy atom. The molecule has 0 bridgehead atoms. The van der Waals surface area contributed by atoms with Crippen molar-refractivity contribution in [2.75, 3.05) is 24.1 Å². The number of anilines is 2. The number of benzene rings is 2. The third kappa shape index (κ3) is 3.84. The Morgan fingerprint density at radius 3 is 2.59 bits per heavy atom. The summed E-state index contributed by atoms with van der Waals surface area (Å²) < 4.78 is 1.52. The number of para-hydroxylation sites is 1. The van der Waals surface area contributed by atoms with Crippen molar-refractivity contribution >= 4 is 40.2 Å². The fourth-order valence-corrected chi connectivity index (χ4v) is 4.20. The maximum absolute atomic E-state index is 13.6. The lowest BCUT2D eigenvalue weighted by Crippen LogP contribution is -2.42. The monoisotopic (exact) mass is 475 g/mol. The average molecular weight is 476 g/mol. The van der Waals surface area contributed by atoms with Crippen LogP contribution in [0.15, 0.2) is 59.5 Å². The molecule has 1 amide bonds. The van der Waals surface area contributed by atoms with Crippen LogP contribution >= 0.6 is 11.6 Å². The first-order valence-corrected chi connectivity index (χ1v) is 11.3. The first-order valence-electron chi connectivity index (χ1n) is 10.9. The fraction of sp³-hybridized carbons (Fsp3) is 0.208. The number of carbonyl (C=O) groups excluding carboxylic acids is 1. The summed E-state index contributed by atoms with van der Waals surface area (Å²) in [7, 11) is 0. The second-order valence-electron chi connectivity index (χ2n) is 8.08. The molecule has 5 rings (SSSR count). The minimum atomic E-state index is -0.520. The summed E-state index contributed by atoms with van der Waals surface area (Å²) in [6.45, 7) is 3.23. The van der Waals surface area contributed by atoms with Crippen LogP contribution in [0, 0.1) is 0 Å². The Labute approximate surface area is 200 Å². The molecular formula is C24H22ClN7O2. The van der Waals surface area contributed by atoms with E-state index in [1.54, 1.807) is 23.1 Å². The lowest BCUT2D eigenvalue weighted by Gasteiger charge is -2.31. The van der Waals surface area contributed by atoms with Gasteiger partial charge in [0.15, 0.2) is 0 Å². The Hall–Kier alpha value is -3.98. The smallest absolute Gasteiger partial charge is 0.267 e. The van der Waals surface area contributed by atoms with Gasteiger partial charge in [0.1, 0.15) is 17.2 Å². The summed E-state index contributed by atoms with van der Waals surface area (Å²) in [4.78, 5) is 41.3. The third-order valence-corrected chi connectivity index (χ3v) is 6.12. The molecule has 2 aromatic carbocycles. The molecule has 34 heavy (non-hydrogen) atoms. The van der Waals surface area contributed by atoms with Gasteiger partial charge in [0, 0.05) is 19.3 Å². The van der Waals surface area contributed by atoms with E-state index in [9.17, 15) is 9.59 Å². The van der Waals surface area contributed by atoms with Gasteiger partial charge < -0.3 is 16.0 Å². The number of halogens is 1. The molecular weight excluding hydrogens is 454 g/mol. The number of likely N-dealkylation sites (tertiary alicyclic amines) is 1. The average Bonchev–Trinajstić information content (AvgIpc) is 2.78. The predicted octanol–water partition coefficient (Wildman–Crippen LogP) is 3.43. The summed E-state index contributed by atoms with van der Waals surface area (Å²) >= 11 is 6.36. The van der Waals surface area contributed by atoms with Crippen LogP contribution < -0.4 is 16.6 Å². The van der Waals surface area contributed by atoms with Gasteiger partial charge in [0.2, 0.25) is 5.95 Å². The van der Waals surface area contributed by atoms with Crippen molar-refractivity contribution in [1.29, 1.82) is 0 Å². The fourth-order valence-electron chi connectivity index (χ4n) is 3.95. The molecule has 0 radical (unpaired) electrons. The Balaban J connectivity index is 1.63. The summed E-state index contributed by atoms with van der Waals surface area (Å²) in [5.41, 5.74) is 6.98. The number of rotatable bonds is 5. The van der Waals surface area contributed by atoms with Crippen LogP contribution in [-0.4, -0.2) is 43.4 Å². The normalized spacial score (nSPS) is 14.0. The van der Waals surface area contributed by atoms with Gasteiger partial charge in [0.25, 0.3) is 11.5 Å². The van der Waals surface area contributed by atoms with Crippen LogP contribution in [0.5, 0.6) is 0 Å². The first kappa shape index (κ1) is 21.8. The largest absolute Gasteiger partial charge is 0.368 e. The molecule has 3 heterocycles. The molecule has 1 aliphatic heterocycles. The van der Waals surface area contributed by atoms with Crippen LogP contribution in [0.1, 0.15) is 35.6 Å². The van der Waals surface area contributed by atoms with Gasteiger partial charge in [-0.3, -0.25) is 14.2 Å². The highest BCUT2D eigenvalue weighted by Crippen LogP contribution is 2.26. The van der Waals surface area contributed by atoms with Gasteiger partial charge in [-0.25, -0.2) is 9.97 Å². The van der Waals surface area contributed by atoms with Gasteiger partial charge in [-0.05, 0) is 37.6 Å². The van der Waals surface area contributed by atoms with Crippen molar-refractivity contribution in [2.24, 2.45) is 0 Å². The minimum absolute atomic E-state index is 0.0357. The maximum atomic E-state index is 13.6. The van der Waals surface area contributed by atoms with Crippen LogP contribution in [-0.2, 0) is 0 Å². The van der Waals surface area contributed by atoms with E-state index >= 15 is 0 Å². The molecule has 4 aromatic rings. The van der Waals surface area contributed by atoms with E-state index in [0.717, 1.165) is 6.42 Å². The zero-order valence-electron chi connectivity index (χ0n) is 18.4. The number of nitrogens with zero attached hydrogens (tertiary/aromatic N) is 5. The molecule has 0 spiro atoms. The predicted molar refractivity (Wildman–Crippen MR) is 131 cm³/mol. The highest BCUT2D eigenvalue weighted by molar-refractivity contribution is 6.35. The van der Waals surface area contributed by atoms with Gasteiger partial charge in [-0.1, -0.05) is 35.9 Å². The SMILES string of the molecule is CC(Nc1nc(N)ncc1C(=O)N1CCC1)c1nc2cccc(Cl)c2c(=O)n1-c1ccccc1. The van der Waals surface area contributed by atoms with E-state index in [0.29, 0.717) is 46.1 Å². The molecule has 9 nitrogen and oxygen atoms in total. The number of nitrogen functional groups attached to an aromatic ring is 1. The summed E-state index contributed by atoms with van der Waals surface area (Å²) in [6, 6.07) is 13.8. The van der Waals surface area contributed by atoms with Crippen LogP contribution in [0.4, 0.5) is 11.8 Å². The quantitative estimate of drug-likeness (QED) is 0.453. The summed E-state index contributed by atoms with van der Waals surface area (Å²) in [5, 5.41) is 3.90. The number of amides is 1. The van der Waals surface area contributed by atoms with E-state index in [4.69, 9.17) is 22.3 Å². The molecule has 3 N–H and O–H groups in total. The molecule has 1 fully saturated rings. The van der Waals surface area contributed by atoms with Crippen molar-refractivity contribution in [1.82, 2.24) is 24.4 Å². The number of carbonyl (C=O) groups is 1. The highest BCUT2D eigenvalue weighted by atomic mass is 35.5. The lowest BCUT2D eigenvalue weighted by molar-refractivity contribution is 0.0652.